The summed E-state index contributed by atoms with van der Waals surface area (Å²) in [4.78, 5) is 34.5. The third kappa shape index (κ3) is 6.09. The number of hydrogen-bond acceptors (Lipinski definition) is 7. The first-order valence-corrected chi connectivity index (χ1v) is 12.8. The van der Waals surface area contributed by atoms with Crippen molar-refractivity contribution in [2.24, 2.45) is 0 Å². The van der Waals surface area contributed by atoms with Gasteiger partial charge in [-0.05, 0) is 55.0 Å². The average molecular weight is 599 g/mol. The molecule has 1 unspecified atom stereocenters. The third-order valence-electron chi connectivity index (χ3n) is 6.27. The number of rotatable bonds is 8. The summed E-state index contributed by atoms with van der Waals surface area (Å²) in [6, 6.07) is 14.4. The fourth-order valence-corrected chi connectivity index (χ4v) is 4.19. The molecule has 0 fully saturated rings. The van der Waals surface area contributed by atoms with Crippen molar-refractivity contribution >= 4 is 23.2 Å². The number of anilines is 1. The smallest absolute Gasteiger partial charge is 0.382 e. The number of nitrogens with zero attached hydrogens (tertiary/aromatic N) is 7. The Hall–Kier alpha value is -4.82. The highest BCUT2D eigenvalue weighted by Crippen LogP contribution is 2.24. The summed E-state index contributed by atoms with van der Waals surface area (Å²) in [7, 11) is 0. The van der Waals surface area contributed by atoms with Gasteiger partial charge in [0.15, 0.2) is 17.8 Å². The molecule has 1 amide bonds. The van der Waals surface area contributed by atoms with Gasteiger partial charge in [0.05, 0.1) is 29.7 Å². The van der Waals surface area contributed by atoms with Crippen LogP contribution >= 0.6 is 11.6 Å². The summed E-state index contributed by atoms with van der Waals surface area (Å²) in [6.07, 6.45) is -3.26. The van der Waals surface area contributed by atoms with Crippen molar-refractivity contribution in [3.05, 3.63) is 106 Å². The number of carbonyl (C=O) groups is 1. The van der Waals surface area contributed by atoms with Gasteiger partial charge in [-0.1, -0.05) is 23.7 Å². The number of aryl methyl sites for hydroxylation is 1. The van der Waals surface area contributed by atoms with Gasteiger partial charge in [0.2, 0.25) is 0 Å². The number of aliphatic hydroxyl groups is 1. The predicted octanol–water partition coefficient (Wildman–Crippen LogP) is 3.87. The SMILES string of the molecule is Cc1ccncc1NC(=O)c1ccccc1-n1cnc(Cn2nc(-c3ccc(Cl)cc3)n(CC(O)C(F)(F)F)c2=O)n1. The number of hydrogen-bond donors (Lipinski definition) is 2. The molecule has 0 aliphatic rings. The van der Waals surface area contributed by atoms with E-state index in [1.807, 2.05) is 6.92 Å². The molecule has 0 spiro atoms. The van der Waals surface area contributed by atoms with E-state index < -0.39 is 30.4 Å². The van der Waals surface area contributed by atoms with Crippen molar-refractivity contribution in [1.29, 1.82) is 0 Å². The van der Waals surface area contributed by atoms with Crippen LogP contribution in [0.1, 0.15) is 21.7 Å². The molecule has 0 saturated carbocycles. The molecule has 2 aromatic carbocycles. The summed E-state index contributed by atoms with van der Waals surface area (Å²) in [5.74, 6) is -0.421. The van der Waals surface area contributed by atoms with E-state index in [0.29, 0.717) is 22.0 Å². The van der Waals surface area contributed by atoms with Gasteiger partial charge >= 0.3 is 11.9 Å². The molecule has 0 bridgehead atoms. The van der Waals surface area contributed by atoms with Gasteiger partial charge in [0.1, 0.15) is 12.9 Å². The molecule has 0 saturated heterocycles. The summed E-state index contributed by atoms with van der Waals surface area (Å²) in [5, 5.41) is 21.4. The monoisotopic (exact) mass is 598 g/mol. The van der Waals surface area contributed by atoms with E-state index in [0.717, 1.165) is 14.8 Å². The van der Waals surface area contributed by atoms with Crippen molar-refractivity contribution in [3.8, 4) is 17.1 Å². The summed E-state index contributed by atoms with van der Waals surface area (Å²) >= 11 is 5.93. The lowest BCUT2D eigenvalue weighted by molar-refractivity contribution is -0.207. The van der Waals surface area contributed by atoms with E-state index in [1.54, 1.807) is 36.5 Å². The van der Waals surface area contributed by atoms with Crippen LogP contribution in [0.4, 0.5) is 18.9 Å². The quantitative estimate of drug-likeness (QED) is 0.277. The average Bonchev–Trinajstić information content (AvgIpc) is 3.55. The molecule has 42 heavy (non-hydrogen) atoms. The van der Waals surface area contributed by atoms with Crippen LogP contribution in [0.2, 0.25) is 5.02 Å². The Labute approximate surface area is 240 Å². The van der Waals surface area contributed by atoms with Crippen LogP contribution in [0.15, 0.2) is 78.1 Å². The molecule has 3 heterocycles. The number of para-hydroxylation sites is 1. The van der Waals surface area contributed by atoms with Gasteiger partial charge in [-0.25, -0.2) is 19.1 Å². The first-order chi connectivity index (χ1) is 20.0. The molecule has 15 heteroatoms. The van der Waals surface area contributed by atoms with Gasteiger partial charge in [0, 0.05) is 16.8 Å². The second-order valence-corrected chi connectivity index (χ2v) is 9.64. The number of alkyl halides is 3. The number of nitrogens with one attached hydrogen (secondary N) is 1. The van der Waals surface area contributed by atoms with Crippen LogP contribution in [0.3, 0.4) is 0 Å². The van der Waals surface area contributed by atoms with E-state index in [9.17, 15) is 27.9 Å². The van der Waals surface area contributed by atoms with Crippen molar-refractivity contribution in [2.45, 2.75) is 32.3 Å². The Morgan fingerprint density at radius 2 is 1.83 bits per heavy atom. The highest BCUT2D eigenvalue weighted by molar-refractivity contribution is 6.30. The highest BCUT2D eigenvalue weighted by atomic mass is 35.5. The normalized spacial score (nSPS) is 12.3. The summed E-state index contributed by atoms with van der Waals surface area (Å²) in [5.41, 5.74) is 1.44. The zero-order valence-electron chi connectivity index (χ0n) is 21.8. The van der Waals surface area contributed by atoms with Crippen molar-refractivity contribution in [2.75, 3.05) is 5.32 Å². The van der Waals surface area contributed by atoms with Crippen LogP contribution in [-0.4, -0.2) is 57.4 Å². The predicted molar refractivity (Wildman–Crippen MR) is 146 cm³/mol. The third-order valence-corrected chi connectivity index (χ3v) is 6.52. The van der Waals surface area contributed by atoms with Gasteiger partial charge in [0.25, 0.3) is 5.91 Å². The molecule has 5 aromatic rings. The fourth-order valence-electron chi connectivity index (χ4n) is 4.07. The Kier molecular flexibility index (Phi) is 7.91. The molecule has 0 aliphatic carbocycles. The Bertz CT molecular complexity index is 1800. The molecule has 2 N–H and O–H groups in total. The van der Waals surface area contributed by atoms with Crippen LogP contribution < -0.4 is 11.0 Å². The highest BCUT2D eigenvalue weighted by Gasteiger charge is 2.39. The van der Waals surface area contributed by atoms with E-state index in [2.05, 4.69) is 25.5 Å². The van der Waals surface area contributed by atoms with Gasteiger partial charge < -0.3 is 10.4 Å². The first kappa shape index (κ1) is 28.7. The van der Waals surface area contributed by atoms with Crippen molar-refractivity contribution in [3.63, 3.8) is 0 Å². The molecule has 1 atom stereocenters. The van der Waals surface area contributed by atoms with E-state index >= 15 is 0 Å². The molecule has 0 aliphatic heterocycles. The van der Waals surface area contributed by atoms with Crippen LogP contribution in [-0.2, 0) is 13.1 Å². The van der Waals surface area contributed by atoms with E-state index in [1.165, 1.54) is 41.5 Å². The maximum atomic E-state index is 13.2. The minimum atomic E-state index is -4.95. The second kappa shape index (κ2) is 11.6. The molecule has 3 aromatic heterocycles. The number of aliphatic hydroxyl groups excluding tert-OH is 1. The summed E-state index contributed by atoms with van der Waals surface area (Å²) < 4.78 is 42.4. The number of amides is 1. The lowest BCUT2D eigenvalue weighted by atomic mass is 10.1. The fraction of sp³-hybridized carbons (Fsp3) is 0.185. The largest absolute Gasteiger partial charge is 0.416 e. The topological polar surface area (TPSA) is 133 Å². The number of aromatic nitrogens is 7. The molecule has 11 nitrogen and oxygen atoms in total. The zero-order valence-corrected chi connectivity index (χ0v) is 22.6. The minimum absolute atomic E-state index is 0.0964. The maximum Gasteiger partial charge on any atom is 0.416 e. The number of benzene rings is 2. The minimum Gasteiger partial charge on any atom is -0.382 e. The Morgan fingerprint density at radius 3 is 2.55 bits per heavy atom. The summed E-state index contributed by atoms with van der Waals surface area (Å²) in [6.45, 7) is 0.462. The molecule has 5 rings (SSSR count). The van der Waals surface area contributed by atoms with Crippen molar-refractivity contribution in [1.82, 2.24) is 34.1 Å². The van der Waals surface area contributed by atoms with Gasteiger partial charge in [-0.3, -0.25) is 14.3 Å². The van der Waals surface area contributed by atoms with Crippen LogP contribution in [0.5, 0.6) is 0 Å². The Balaban J connectivity index is 1.45. The number of halogens is 4. The lowest BCUT2D eigenvalue weighted by Crippen LogP contribution is -2.37. The van der Waals surface area contributed by atoms with E-state index in [4.69, 9.17) is 11.6 Å². The molecular formula is C27H22ClF3N8O3. The van der Waals surface area contributed by atoms with Gasteiger partial charge in [-0.2, -0.15) is 13.2 Å². The number of carbonyl (C=O) groups excluding carboxylic acids is 1. The molecule has 0 radical (unpaired) electrons. The van der Waals surface area contributed by atoms with Crippen LogP contribution in [0, 0.1) is 6.92 Å². The number of pyridine rings is 1. The lowest BCUT2D eigenvalue weighted by Gasteiger charge is -2.15. The van der Waals surface area contributed by atoms with Crippen LogP contribution in [0.25, 0.3) is 17.1 Å². The molecular weight excluding hydrogens is 577 g/mol. The zero-order chi connectivity index (χ0) is 30.0. The standard InChI is InChI=1S/C27H22ClF3N8O3/c1-16-10-11-32-12-20(16)34-25(41)19-4-2-3-5-21(19)39-15-33-23(35-39)14-38-26(42)37(13-22(40)27(29,30)31)24(36-38)17-6-8-18(28)9-7-17/h2-12,15,22,40H,13-14H2,1H3,(H,34,41). The van der Waals surface area contributed by atoms with E-state index in [-0.39, 0.29) is 23.8 Å². The molecule has 216 valence electrons. The van der Waals surface area contributed by atoms with Gasteiger partial charge in [-0.15, -0.1) is 10.2 Å². The first-order valence-electron chi connectivity index (χ1n) is 12.4. The maximum absolute atomic E-state index is 13.2. The second-order valence-electron chi connectivity index (χ2n) is 9.21. The Morgan fingerprint density at radius 1 is 1.10 bits per heavy atom. The van der Waals surface area contributed by atoms with Crippen molar-refractivity contribution < 1.29 is 23.1 Å².